The second kappa shape index (κ2) is 9.49. The van der Waals surface area contributed by atoms with Crippen molar-refractivity contribution in [1.82, 2.24) is 4.90 Å². The predicted molar refractivity (Wildman–Crippen MR) is 162 cm³/mol. The first-order valence-corrected chi connectivity index (χ1v) is 17.4. The lowest BCUT2D eigenvalue weighted by Gasteiger charge is -2.63. The monoisotopic (exact) mass is 600 g/mol. The Morgan fingerprint density at radius 2 is 1.67 bits per heavy atom. The third-order valence-corrected chi connectivity index (χ3v) is 15.4. The molecule has 0 aromatic carbocycles. The van der Waals surface area contributed by atoms with Crippen LogP contribution in [0, 0.1) is 56.7 Å². The van der Waals surface area contributed by atoms with Crippen LogP contribution in [0.4, 0.5) is 9.59 Å². The minimum absolute atomic E-state index is 0.0225. The number of nitrogens with two attached hydrogens (primary N) is 1. The summed E-state index contributed by atoms with van der Waals surface area (Å²) < 4.78 is 18.7. The van der Waals surface area contributed by atoms with Gasteiger partial charge in [-0.15, -0.1) is 0 Å². The van der Waals surface area contributed by atoms with Gasteiger partial charge in [0.2, 0.25) is 0 Å². The van der Waals surface area contributed by atoms with Gasteiger partial charge >= 0.3 is 12.2 Å². The van der Waals surface area contributed by atoms with Crippen molar-refractivity contribution in [2.24, 2.45) is 62.4 Å². The molecule has 8 nitrogen and oxygen atoms in total. The highest BCUT2D eigenvalue weighted by Gasteiger charge is 2.84. The molecule has 7 aliphatic rings. The lowest BCUT2D eigenvalue weighted by Crippen LogP contribution is -2.60. The van der Waals surface area contributed by atoms with Crippen molar-refractivity contribution in [3.05, 3.63) is 0 Å². The van der Waals surface area contributed by atoms with Gasteiger partial charge < -0.3 is 30.0 Å². The standard InChI is InChI=1S/C35H56N2O6/c1-19(2)26(43-29(36)39)21-17-20(3)25-27(41-21)28(38)33(7)23-10-9-22-31(4,5)24(42-30(40)37-15-8-16-37)11-12-34(22)18-35(23,34)14-13-32(25,33)6/h19-28,38H,8-18H2,1-7H3,(H2,36,39)/t20-,21?,22+,23?,24?,25+,26?,27?,28+,32?,33-,34?,35+/m1/s1. The predicted octanol–water partition coefficient (Wildman–Crippen LogP) is 6.13. The van der Waals surface area contributed by atoms with Gasteiger partial charge in [0.05, 0.1) is 18.3 Å². The van der Waals surface area contributed by atoms with Crippen molar-refractivity contribution in [2.75, 3.05) is 13.1 Å². The minimum atomic E-state index is -0.762. The number of aliphatic hydroxyl groups is 1. The first kappa shape index (κ1) is 30.1. The average Bonchev–Trinajstić information content (AvgIpc) is 3.52. The Morgan fingerprint density at radius 1 is 1.00 bits per heavy atom. The van der Waals surface area contributed by atoms with Gasteiger partial charge in [0, 0.05) is 23.9 Å². The summed E-state index contributed by atoms with van der Waals surface area (Å²) in [6.07, 6.45) is 7.36. The molecule has 0 aromatic heterocycles. The quantitative estimate of drug-likeness (QED) is 0.402. The van der Waals surface area contributed by atoms with Crippen LogP contribution in [-0.4, -0.2) is 65.8 Å². The summed E-state index contributed by atoms with van der Waals surface area (Å²) in [7, 11) is 0. The van der Waals surface area contributed by atoms with E-state index in [0.717, 1.165) is 58.0 Å². The van der Waals surface area contributed by atoms with E-state index in [0.29, 0.717) is 17.8 Å². The molecule has 2 aliphatic heterocycles. The molecule has 43 heavy (non-hydrogen) atoms. The SMILES string of the molecule is CC(C)C(OC(N)=O)C1C[C@@H](C)[C@H]2C(O1)[C@H](O)[C@@]1(C)C3CC[C@H]4C(C)(C)C(OC(=O)N5CCC5)CCC45C[C@@]35CCC21C. The van der Waals surface area contributed by atoms with Crippen LogP contribution in [-0.2, 0) is 14.2 Å². The number of nitrogens with zero attached hydrogens (tertiary/aromatic N) is 1. The van der Waals surface area contributed by atoms with E-state index in [1.807, 2.05) is 18.7 Å². The van der Waals surface area contributed by atoms with E-state index in [1.165, 1.54) is 12.8 Å². The summed E-state index contributed by atoms with van der Waals surface area (Å²) in [5.41, 5.74) is 5.67. The molecule has 0 bridgehead atoms. The molecule has 7 rings (SSSR count). The maximum Gasteiger partial charge on any atom is 0.410 e. The number of hydrogen-bond acceptors (Lipinski definition) is 6. The molecule has 2 amide bonds. The highest BCUT2D eigenvalue weighted by atomic mass is 16.6. The van der Waals surface area contributed by atoms with E-state index < -0.39 is 18.3 Å². The van der Waals surface area contributed by atoms with Gasteiger partial charge in [0.25, 0.3) is 0 Å². The van der Waals surface area contributed by atoms with Crippen molar-refractivity contribution < 1.29 is 28.9 Å². The fraction of sp³-hybridized carbons (Fsp3) is 0.943. The number of primary amides is 1. The van der Waals surface area contributed by atoms with E-state index in [-0.39, 0.29) is 63.3 Å². The summed E-state index contributed by atoms with van der Waals surface area (Å²) in [6.45, 7) is 17.6. The fourth-order valence-corrected chi connectivity index (χ4v) is 13.2. The molecule has 5 aliphatic carbocycles. The molecule has 0 radical (unpaired) electrons. The molecular formula is C35H56N2O6. The molecule has 3 N–H and O–H groups in total. The van der Waals surface area contributed by atoms with E-state index in [1.54, 1.807) is 0 Å². The first-order chi connectivity index (χ1) is 20.1. The summed E-state index contributed by atoms with van der Waals surface area (Å²) in [4.78, 5) is 26.5. The van der Waals surface area contributed by atoms with Crippen LogP contribution in [0.5, 0.6) is 0 Å². The second-order valence-electron chi connectivity index (χ2n) is 17.4. The van der Waals surface area contributed by atoms with Crippen LogP contribution in [0.2, 0.25) is 0 Å². The zero-order valence-corrected chi connectivity index (χ0v) is 27.6. The Kier molecular flexibility index (Phi) is 6.65. The Hall–Kier alpha value is -1.54. The van der Waals surface area contributed by atoms with Crippen molar-refractivity contribution in [3.8, 4) is 0 Å². The van der Waals surface area contributed by atoms with Crippen molar-refractivity contribution >= 4 is 12.2 Å². The van der Waals surface area contributed by atoms with Gasteiger partial charge in [-0.05, 0) is 104 Å². The van der Waals surface area contributed by atoms with Crippen LogP contribution in [0.1, 0.15) is 106 Å². The summed E-state index contributed by atoms with van der Waals surface area (Å²) >= 11 is 0. The summed E-state index contributed by atoms with van der Waals surface area (Å²) in [5, 5.41) is 12.5. The highest BCUT2D eigenvalue weighted by Crippen LogP contribution is 2.89. The molecule has 7 unspecified atom stereocenters. The highest BCUT2D eigenvalue weighted by molar-refractivity contribution is 5.68. The van der Waals surface area contributed by atoms with E-state index in [4.69, 9.17) is 19.9 Å². The molecule has 2 spiro atoms. The number of rotatable bonds is 4. The van der Waals surface area contributed by atoms with Crippen molar-refractivity contribution in [1.29, 1.82) is 0 Å². The Bertz CT molecular complexity index is 1170. The van der Waals surface area contributed by atoms with Crippen LogP contribution < -0.4 is 5.73 Å². The smallest absolute Gasteiger partial charge is 0.410 e. The summed E-state index contributed by atoms with van der Waals surface area (Å²) in [5.74, 6) is 1.66. The molecule has 13 atom stereocenters. The maximum atomic E-state index is 12.8. The fourth-order valence-electron chi connectivity index (χ4n) is 13.2. The van der Waals surface area contributed by atoms with E-state index in [2.05, 4.69) is 34.6 Å². The number of carbonyl (C=O) groups is 2. The molecule has 242 valence electrons. The lowest BCUT2D eigenvalue weighted by molar-refractivity contribution is -0.185. The van der Waals surface area contributed by atoms with Gasteiger partial charge in [0.1, 0.15) is 12.2 Å². The van der Waals surface area contributed by atoms with Crippen molar-refractivity contribution in [3.63, 3.8) is 0 Å². The third kappa shape index (κ3) is 3.74. The Morgan fingerprint density at radius 3 is 2.30 bits per heavy atom. The Labute approximate surface area is 258 Å². The maximum absolute atomic E-state index is 12.8. The first-order valence-electron chi connectivity index (χ1n) is 17.4. The van der Waals surface area contributed by atoms with E-state index >= 15 is 0 Å². The molecule has 5 saturated carbocycles. The van der Waals surface area contributed by atoms with Gasteiger partial charge in [-0.25, -0.2) is 9.59 Å². The van der Waals surface area contributed by atoms with Gasteiger partial charge in [-0.3, -0.25) is 0 Å². The van der Waals surface area contributed by atoms with Crippen molar-refractivity contribution in [2.45, 2.75) is 137 Å². The number of amides is 2. The number of likely N-dealkylation sites (tertiary alicyclic amines) is 1. The number of fused-ring (bicyclic) bond motifs is 4. The van der Waals surface area contributed by atoms with Crippen LogP contribution >= 0.6 is 0 Å². The molecule has 7 fully saturated rings. The zero-order valence-electron chi connectivity index (χ0n) is 27.6. The zero-order chi connectivity index (χ0) is 30.9. The lowest BCUT2D eigenvalue weighted by atomic mass is 9.41. The Balaban J connectivity index is 1.16. The number of ether oxygens (including phenoxy) is 3. The van der Waals surface area contributed by atoms with Crippen LogP contribution in [0.25, 0.3) is 0 Å². The number of aliphatic hydroxyl groups excluding tert-OH is 1. The number of hydrogen-bond donors (Lipinski definition) is 2. The third-order valence-electron chi connectivity index (χ3n) is 15.4. The molecule has 2 saturated heterocycles. The topological polar surface area (TPSA) is 111 Å². The average molecular weight is 601 g/mol. The molecule has 0 aromatic rings. The largest absolute Gasteiger partial charge is 0.446 e. The summed E-state index contributed by atoms with van der Waals surface area (Å²) in [6, 6.07) is 0. The van der Waals surface area contributed by atoms with E-state index in [9.17, 15) is 14.7 Å². The minimum Gasteiger partial charge on any atom is -0.446 e. The molecule has 8 heteroatoms. The molecular weight excluding hydrogens is 544 g/mol. The van der Waals surface area contributed by atoms with Gasteiger partial charge in [0.15, 0.2) is 0 Å². The van der Waals surface area contributed by atoms with Gasteiger partial charge in [-0.2, -0.15) is 0 Å². The number of carbonyl (C=O) groups excluding carboxylic acids is 2. The van der Waals surface area contributed by atoms with Gasteiger partial charge in [-0.1, -0.05) is 48.5 Å². The molecule has 2 heterocycles. The second-order valence-corrected chi connectivity index (χ2v) is 17.4. The normalized spacial score (nSPS) is 51.5. The van der Waals surface area contributed by atoms with Crippen LogP contribution in [0.3, 0.4) is 0 Å². The van der Waals surface area contributed by atoms with Crippen LogP contribution in [0.15, 0.2) is 0 Å².